The maximum Gasteiger partial charge on any atom is 0.288 e. The Kier molecular flexibility index (Phi) is 2.86. The van der Waals surface area contributed by atoms with Crippen molar-refractivity contribution in [3.05, 3.63) is 26.8 Å². The third kappa shape index (κ3) is 1.81. The van der Waals surface area contributed by atoms with Gasteiger partial charge in [-0.3, -0.25) is 9.89 Å². The van der Waals surface area contributed by atoms with Crippen LogP contribution in [0, 0.1) is 0 Å². The van der Waals surface area contributed by atoms with E-state index in [1.807, 2.05) is 0 Å². The summed E-state index contributed by atoms with van der Waals surface area (Å²) in [5.74, 6) is 0.425. The van der Waals surface area contributed by atoms with Gasteiger partial charge < -0.3 is 0 Å². The summed E-state index contributed by atoms with van der Waals surface area (Å²) in [6.45, 7) is 2.10. The fourth-order valence-electron chi connectivity index (χ4n) is 1.39. The molecule has 0 radical (unpaired) electrons. The molecular weight excluding hydrogens is 260 g/mol. The fraction of sp³-hybridized carbons (Fsp3) is 0.444. The molecule has 0 fully saturated rings. The smallest absolute Gasteiger partial charge is 0.278 e. The van der Waals surface area contributed by atoms with Gasteiger partial charge in [-0.05, 0) is 28.8 Å². The van der Waals surface area contributed by atoms with Gasteiger partial charge >= 0.3 is 0 Å². The highest BCUT2D eigenvalue weighted by molar-refractivity contribution is 9.10. The highest BCUT2D eigenvalue weighted by Crippen LogP contribution is 2.12. The van der Waals surface area contributed by atoms with Crippen molar-refractivity contribution in [1.82, 2.24) is 19.6 Å². The first-order valence-electron chi connectivity index (χ1n) is 4.84. The van der Waals surface area contributed by atoms with Crippen molar-refractivity contribution in [3.63, 3.8) is 0 Å². The molecule has 0 aromatic carbocycles. The topological polar surface area (TPSA) is 63.1 Å². The number of nitrogens with zero attached hydrogens (tertiary/aromatic N) is 3. The molecule has 2 aromatic rings. The third-order valence-electron chi connectivity index (χ3n) is 2.21. The summed E-state index contributed by atoms with van der Waals surface area (Å²) in [6, 6.07) is 0. The molecule has 0 amide bonds. The molecule has 0 aliphatic rings. The second-order valence-corrected chi connectivity index (χ2v) is 4.10. The molecular formula is C9H11BrN4O. The van der Waals surface area contributed by atoms with Crippen molar-refractivity contribution in [2.75, 3.05) is 0 Å². The molecule has 5 nitrogen and oxygen atoms in total. The van der Waals surface area contributed by atoms with Crippen LogP contribution in [0.1, 0.15) is 25.5 Å². The van der Waals surface area contributed by atoms with Crippen molar-refractivity contribution < 1.29 is 0 Å². The number of rotatable bonds is 3. The highest BCUT2D eigenvalue weighted by Gasteiger charge is 2.10. The van der Waals surface area contributed by atoms with E-state index in [2.05, 4.69) is 37.9 Å². The third-order valence-corrected chi connectivity index (χ3v) is 3.01. The van der Waals surface area contributed by atoms with Crippen molar-refractivity contribution >= 4 is 21.7 Å². The molecule has 0 saturated carbocycles. The van der Waals surface area contributed by atoms with Crippen LogP contribution in [-0.4, -0.2) is 19.6 Å². The SMILES string of the molecule is CCCCc1nc2nc[nH]n2c(=O)c1Br. The Hall–Kier alpha value is -1.17. The average Bonchev–Trinajstić information content (AvgIpc) is 2.69. The van der Waals surface area contributed by atoms with E-state index in [0.29, 0.717) is 10.3 Å². The molecule has 0 bridgehead atoms. The molecule has 0 aliphatic carbocycles. The maximum atomic E-state index is 11.8. The number of H-pyrrole nitrogens is 1. The average molecular weight is 271 g/mol. The van der Waals surface area contributed by atoms with Gasteiger partial charge in [0, 0.05) is 0 Å². The number of aromatic nitrogens is 4. The monoisotopic (exact) mass is 270 g/mol. The quantitative estimate of drug-likeness (QED) is 0.920. The zero-order valence-electron chi connectivity index (χ0n) is 8.33. The Morgan fingerprint density at radius 1 is 1.60 bits per heavy atom. The lowest BCUT2D eigenvalue weighted by atomic mass is 10.2. The normalized spacial score (nSPS) is 11.1. The summed E-state index contributed by atoms with van der Waals surface area (Å²) in [5, 5.41) is 2.71. The van der Waals surface area contributed by atoms with Gasteiger partial charge in [-0.15, -0.1) is 0 Å². The first-order chi connectivity index (χ1) is 7.24. The van der Waals surface area contributed by atoms with Gasteiger partial charge in [0.05, 0.1) is 5.69 Å². The minimum absolute atomic E-state index is 0.136. The van der Waals surface area contributed by atoms with E-state index >= 15 is 0 Å². The highest BCUT2D eigenvalue weighted by atomic mass is 79.9. The van der Waals surface area contributed by atoms with Crippen molar-refractivity contribution in [2.45, 2.75) is 26.2 Å². The fourth-order valence-corrected chi connectivity index (χ4v) is 1.85. The van der Waals surface area contributed by atoms with Crippen LogP contribution in [0.15, 0.2) is 15.6 Å². The minimum Gasteiger partial charge on any atom is -0.278 e. The van der Waals surface area contributed by atoms with Crippen LogP contribution in [0.3, 0.4) is 0 Å². The number of aryl methyl sites for hydroxylation is 1. The number of halogens is 1. The zero-order chi connectivity index (χ0) is 10.8. The minimum atomic E-state index is -0.136. The zero-order valence-corrected chi connectivity index (χ0v) is 9.91. The molecule has 1 N–H and O–H groups in total. The van der Waals surface area contributed by atoms with E-state index in [1.54, 1.807) is 0 Å². The Morgan fingerprint density at radius 2 is 2.40 bits per heavy atom. The molecule has 0 atom stereocenters. The number of aromatic amines is 1. The molecule has 80 valence electrons. The van der Waals surface area contributed by atoms with Gasteiger partial charge in [0.1, 0.15) is 10.8 Å². The van der Waals surface area contributed by atoms with Crippen LogP contribution in [-0.2, 0) is 6.42 Å². The first kappa shape index (κ1) is 10.4. The summed E-state index contributed by atoms with van der Waals surface area (Å²) >= 11 is 3.27. The van der Waals surface area contributed by atoms with E-state index in [4.69, 9.17) is 0 Å². The Bertz CT molecular complexity index is 530. The number of hydrogen-bond acceptors (Lipinski definition) is 3. The van der Waals surface area contributed by atoms with Crippen molar-refractivity contribution in [3.8, 4) is 0 Å². The van der Waals surface area contributed by atoms with Crippen LogP contribution in [0.2, 0.25) is 0 Å². The van der Waals surface area contributed by atoms with Crippen LogP contribution in [0.25, 0.3) is 5.78 Å². The molecule has 2 aromatic heterocycles. The van der Waals surface area contributed by atoms with Crippen LogP contribution in [0.5, 0.6) is 0 Å². The lowest BCUT2D eigenvalue weighted by molar-refractivity contribution is 0.761. The van der Waals surface area contributed by atoms with Crippen LogP contribution >= 0.6 is 15.9 Å². The van der Waals surface area contributed by atoms with Gasteiger partial charge in [0.15, 0.2) is 0 Å². The second kappa shape index (κ2) is 4.14. The standard InChI is InChI=1S/C9H11BrN4O/c1-2-3-4-6-7(10)8(15)14-9(13-6)11-5-12-14/h5H,2-4H2,1H3,(H,11,12,13). The van der Waals surface area contributed by atoms with Gasteiger partial charge in [0.2, 0.25) is 0 Å². The summed E-state index contributed by atoms with van der Waals surface area (Å²) in [6.07, 6.45) is 4.36. The van der Waals surface area contributed by atoms with E-state index in [1.165, 1.54) is 10.8 Å². The lowest BCUT2D eigenvalue weighted by Crippen LogP contribution is -2.18. The van der Waals surface area contributed by atoms with Crippen LogP contribution < -0.4 is 5.56 Å². The van der Waals surface area contributed by atoms with Gasteiger partial charge in [0.25, 0.3) is 11.3 Å². The van der Waals surface area contributed by atoms with E-state index in [0.717, 1.165) is 25.0 Å². The predicted octanol–water partition coefficient (Wildman–Crippen LogP) is 1.52. The summed E-state index contributed by atoms with van der Waals surface area (Å²) < 4.78 is 1.84. The Morgan fingerprint density at radius 3 is 3.13 bits per heavy atom. The molecule has 0 aliphatic heterocycles. The van der Waals surface area contributed by atoms with Gasteiger partial charge in [-0.2, -0.15) is 4.52 Å². The van der Waals surface area contributed by atoms with E-state index in [9.17, 15) is 4.79 Å². The molecule has 0 unspecified atom stereocenters. The summed E-state index contributed by atoms with van der Waals surface area (Å²) in [5.41, 5.74) is 0.651. The molecule has 0 spiro atoms. The Balaban J connectivity index is 2.55. The van der Waals surface area contributed by atoms with E-state index < -0.39 is 0 Å². The number of fused-ring (bicyclic) bond motifs is 1. The molecule has 0 saturated heterocycles. The maximum absolute atomic E-state index is 11.8. The molecule has 6 heteroatoms. The lowest BCUT2D eigenvalue weighted by Gasteiger charge is -2.01. The van der Waals surface area contributed by atoms with Gasteiger partial charge in [-0.1, -0.05) is 13.3 Å². The van der Waals surface area contributed by atoms with Crippen molar-refractivity contribution in [2.24, 2.45) is 0 Å². The summed E-state index contributed by atoms with van der Waals surface area (Å²) in [7, 11) is 0. The molecule has 15 heavy (non-hydrogen) atoms. The van der Waals surface area contributed by atoms with E-state index in [-0.39, 0.29) is 5.56 Å². The second-order valence-electron chi connectivity index (χ2n) is 3.30. The predicted molar refractivity (Wildman–Crippen MR) is 59.9 cm³/mol. The summed E-state index contributed by atoms with van der Waals surface area (Å²) in [4.78, 5) is 20.0. The number of hydrogen-bond donors (Lipinski definition) is 1. The van der Waals surface area contributed by atoms with Gasteiger partial charge in [-0.25, -0.2) is 9.97 Å². The molecule has 2 rings (SSSR count). The van der Waals surface area contributed by atoms with Crippen molar-refractivity contribution in [1.29, 1.82) is 0 Å². The first-order valence-corrected chi connectivity index (χ1v) is 5.64. The largest absolute Gasteiger partial charge is 0.288 e. The van der Waals surface area contributed by atoms with Crippen LogP contribution in [0.4, 0.5) is 0 Å². The Labute approximate surface area is 94.7 Å². The number of nitrogens with one attached hydrogen (secondary N) is 1. The number of unbranched alkanes of at least 4 members (excludes halogenated alkanes) is 1. The molecule has 2 heterocycles.